The standard InChI is InChI=1S/C21H15ClFN3OS/c22-15-7-10-20-18(11-15)26(17-3-1-2-4-19(17)28-20)13-21(27)25-24-12-14-5-8-16(23)9-6-14/h1-12H,13H2,(H,25,27)/b24-12+. The Hall–Kier alpha value is -2.83. The van der Waals surface area contributed by atoms with Gasteiger partial charge in [-0.15, -0.1) is 0 Å². The highest BCUT2D eigenvalue weighted by Crippen LogP contribution is 2.48. The third-order valence-corrected chi connectivity index (χ3v) is 5.53. The summed E-state index contributed by atoms with van der Waals surface area (Å²) in [5, 5.41) is 4.57. The highest BCUT2D eigenvalue weighted by atomic mass is 35.5. The van der Waals surface area contributed by atoms with E-state index >= 15 is 0 Å². The van der Waals surface area contributed by atoms with Gasteiger partial charge in [0.15, 0.2) is 0 Å². The summed E-state index contributed by atoms with van der Waals surface area (Å²) in [6.07, 6.45) is 1.47. The van der Waals surface area contributed by atoms with Crippen LogP contribution < -0.4 is 10.3 Å². The summed E-state index contributed by atoms with van der Waals surface area (Å²) < 4.78 is 12.9. The molecule has 1 aliphatic rings. The molecule has 4 nitrogen and oxygen atoms in total. The van der Waals surface area contributed by atoms with Crippen LogP contribution in [0.5, 0.6) is 0 Å². The second-order valence-electron chi connectivity index (χ2n) is 6.11. The predicted octanol–water partition coefficient (Wildman–Crippen LogP) is 5.23. The second-order valence-corrected chi connectivity index (χ2v) is 7.63. The van der Waals surface area contributed by atoms with E-state index in [2.05, 4.69) is 10.5 Å². The maximum Gasteiger partial charge on any atom is 0.260 e. The lowest BCUT2D eigenvalue weighted by Crippen LogP contribution is -2.33. The molecule has 7 heteroatoms. The van der Waals surface area contributed by atoms with Gasteiger partial charge >= 0.3 is 0 Å². The van der Waals surface area contributed by atoms with E-state index in [1.165, 1.54) is 18.3 Å². The van der Waals surface area contributed by atoms with Crippen LogP contribution in [0.15, 0.2) is 81.6 Å². The molecule has 1 aliphatic heterocycles. The fourth-order valence-electron chi connectivity index (χ4n) is 2.88. The van der Waals surface area contributed by atoms with Crippen molar-refractivity contribution in [1.29, 1.82) is 0 Å². The van der Waals surface area contributed by atoms with Crippen molar-refractivity contribution < 1.29 is 9.18 Å². The van der Waals surface area contributed by atoms with E-state index < -0.39 is 0 Å². The van der Waals surface area contributed by atoms with E-state index in [0.29, 0.717) is 10.6 Å². The number of nitrogens with one attached hydrogen (secondary N) is 1. The number of hydrogen-bond acceptors (Lipinski definition) is 4. The van der Waals surface area contributed by atoms with E-state index in [1.807, 2.05) is 47.4 Å². The van der Waals surface area contributed by atoms with Crippen LogP contribution in [0.1, 0.15) is 5.56 Å². The maximum absolute atomic E-state index is 12.9. The molecule has 140 valence electrons. The Balaban J connectivity index is 1.53. The number of anilines is 2. The minimum Gasteiger partial charge on any atom is -0.330 e. The normalized spacial score (nSPS) is 12.6. The molecule has 3 aromatic rings. The summed E-state index contributed by atoms with van der Waals surface area (Å²) in [6, 6.07) is 19.4. The summed E-state index contributed by atoms with van der Waals surface area (Å²) >= 11 is 7.83. The summed E-state index contributed by atoms with van der Waals surface area (Å²) in [5.41, 5.74) is 5.05. The molecular weight excluding hydrogens is 397 g/mol. The van der Waals surface area contributed by atoms with Crippen LogP contribution in [-0.4, -0.2) is 18.7 Å². The Morgan fingerprint density at radius 2 is 1.82 bits per heavy atom. The summed E-state index contributed by atoms with van der Waals surface area (Å²) in [4.78, 5) is 16.5. The molecule has 1 heterocycles. The molecule has 0 unspecified atom stereocenters. The van der Waals surface area contributed by atoms with Crippen molar-refractivity contribution in [2.75, 3.05) is 11.4 Å². The minimum atomic E-state index is -0.319. The molecule has 0 saturated heterocycles. The molecule has 0 radical (unpaired) electrons. The number of fused-ring (bicyclic) bond motifs is 2. The van der Waals surface area contributed by atoms with Crippen molar-refractivity contribution in [2.24, 2.45) is 5.10 Å². The zero-order valence-corrected chi connectivity index (χ0v) is 16.2. The third kappa shape index (κ3) is 4.03. The summed E-state index contributed by atoms with van der Waals surface area (Å²) in [7, 11) is 0. The van der Waals surface area contributed by atoms with Crippen LogP contribution in [-0.2, 0) is 4.79 Å². The molecular formula is C21H15ClFN3OS. The molecule has 0 atom stereocenters. The zero-order chi connectivity index (χ0) is 19.5. The lowest BCUT2D eigenvalue weighted by atomic mass is 10.2. The summed E-state index contributed by atoms with van der Waals surface area (Å²) in [5.74, 6) is -0.592. The predicted molar refractivity (Wildman–Crippen MR) is 111 cm³/mol. The number of carbonyl (C=O) groups is 1. The highest BCUT2D eigenvalue weighted by Gasteiger charge is 2.25. The largest absolute Gasteiger partial charge is 0.330 e. The Labute approximate surface area is 171 Å². The number of carbonyl (C=O) groups excluding carboxylic acids is 1. The van der Waals surface area contributed by atoms with E-state index in [-0.39, 0.29) is 18.3 Å². The molecule has 0 aliphatic carbocycles. The molecule has 0 spiro atoms. The lowest BCUT2D eigenvalue weighted by Gasteiger charge is -2.32. The van der Waals surface area contributed by atoms with E-state index in [9.17, 15) is 9.18 Å². The maximum atomic E-state index is 12.9. The monoisotopic (exact) mass is 411 g/mol. The first-order valence-corrected chi connectivity index (χ1v) is 9.71. The Morgan fingerprint density at radius 3 is 2.64 bits per heavy atom. The van der Waals surface area contributed by atoms with Gasteiger partial charge in [-0.1, -0.05) is 47.6 Å². The van der Waals surface area contributed by atoms with Crippen molar-refractivity contribution >= 4 is 46.9 Å². The number of nitrogens with zero attached hydrogens (tertiary/aromatic N) is 2. The Bertz CT molecular complexity index is 1060. The first kappa shape index (κ1) is 18.5. The van der Waals surface area contributed by atoms with Gasteiger partial charge in [0, 0.05) is 14.8 Å². The topological polar surface area (TPSA) is 44.7 Å². The van der Waals surface area contributed by atoms with Crippen molar-refractivity contribution in [3.63, 3.8) is 0 Å². The van der Waals surface area contributed by atoms with Gasteiger partial charge in [-0.05, 0) is 48.0 Å². The molecule has 1 N–H and O–H groups in total. The van der Waals surface area contributed by atoms with Crippen molar-refractivity contribution in [2.45, 2.75) is 9.79 Å². The van der Waals surface area contributed by atoms with Gasteiger partial charge in [0.05, 0.1) is 17.6 Å². The molecule has 0 bridgehead atoms. The van der Waals surface area contributed by atoms with Crippen LogP contribution in [0.3, 0.4) is 0 Å². The van der Waals surface area contributed by atoms with Crippen LogP contribution in [0, 0.1) is 5.82 Å². The number of hydrazone groups is 1. The fourth-order valence-corrected chi connectivity index (χ4v) is 4.12. The second kappa shape index (κ2) is 8.04. The summed E-state index contributed by atoms with van der Waals surface area (Å²) in [6.45, 7) is 0.0890. The number of halogens is 2. The molecule has 4 rings (SSSR count). The number of para-hydroxylation sites is 1. The van der Waals surface area contributed by atoms with Gasteiger partial charge in [-0.3, -0.25) is 4.79 Å². The molecule has 0 saturated carbocycles. The van der Waals surface area contributed by atoms with Crippen LogP contribution in [0.25, 0.3) is 0 Å². The Kier molecular flexibility index (Phi) is 5.32. The zero-order valence-electron chi connectivity index (χ0n) is 14.6. The SMILES string of the molecule is O=C(CN1c2ccccc2Sc2ccc(Cl)cc21)N/N=C/c1ccc(F)cc1. The minimum absolute atomic E-state index is 0.0890. The van der Waals surface area contributed by atoms with Crippen LogP contribution >= 0.6 is 23.4 Å². The van der Waals surface area contributed by atoms with Gasteiger partial charge in [0.2, 0.25) is 0 Å². The van der Waals surface area contributed by atoms with Gasteiger partial charge in [0.1, 0.15) is 12.4 Å². The molecule has 0 fully saturated rings. The van der Waals surface area contributed by atoms with Crippen molar-refractivity contribution in [3.8, 4) is 0 Å². The quantitative estimate of drug-likeness (QED) is 0.472. The Morgan fingerprint density at radius 1 is 1.07 bits per heavy atom. The average molecular weight is 412 g/mol. The van der Waals surface area contributed by atoms with Gasteiger partial charge in [-0.25, -0.2) is 9.82 Å². The molecule has 1 amide bonds. The van der Waals surface area contributed by atoms with Crippen molar-refractivity contribution in [3.05, 3.63) is 83.1 Å². The van der Waals surface area contributed by atoms with Crippen LogP contribution in [0.2, 0.25) is 5.02 Å². The third-order valence-electron chi connectivity index (χ3n) is 4.16. The molecule has 28 heavy (non-hydrogen) atoms. The smallest absolute Gasteiger partial charge is 0.260 e. The van der Waals surface area contributed by atoms with Crippen molar-refractivity contribution in [1.82, 2.24) is 5.43 Å². The van der Waals surface area contributed by atoms with Crippen LogP contribution in [0.4, 0.5) is 15.8 Å². The number of benzene rings is 3. The number of amides is 1. The number of rotatable bonds is 4. The van der Waals surface area contributed by atoms with E-state index in [1.54, 1.807) is 23.9 Å². The van der Waals surface area contributed by atoms with Gasteiger partial charge < -0.3 is 4.90 Å². The average Bonchev–Trinajstić information content (AvgIpc) is 2.70. The lowest BCUT2D eigenvalue weighted by molar-refractivity contribution is -0.119. The fraction of sp³-hybridized carbons (Fsp3) is 0.0476. The van der Waals surface area contributed by atoms with E-state index in [4.69, 9.17) is 11.6 Å². The highest BCUT2D eigenvalue weighted by molar-refractivity contribution is 7.99. The van der Waals surface area contributed by atoms with Gasteiger partial charge in [0.25, 0.3) is 5.91 Å². The molecule has 0 aromatic heterocycles. The van der Waals surface area contributed by atoms with Gasteiger partial charge in [-0.2, -0.15) is 5.10 Å². The first-order chi connectivity index (χ1) is 13.6. The van der Waals surface area contributed by atoms with E-state index in [0.717, 1.165) is 21.2 Å². The molecule has 3 aromatic carbocycles. The first-order valence-electron chi connectivity index (χ1n) is 8.51. The number of hydrogen-bond donors (Lipinski definition) is 1.